The second kappa shape index (κ2) is 6.11. The van der Waals surface area contributed by atoms with Crippen LogP contribution in [0.1, 0.15) is 31.7 Å². The van der Waals surface area contributed by atoms with Crippen LogP contribution in [0, 0.1) is 0 Å². The van der Waals surface area contributed by atoms with Crippen LogP contribution in [0.3, 0.4) is 0 Å². The molecule has 3 heteroatoms. The lowest BCUT2D eigenvalue weighted by molar-refractivity contribution is 0.557. The zero-order valence-electron chi connectivity index (χ0n) is 8.42. The summed E-state index contributed by atoms with van der Waals surface area (Å²) in [6.07, 6.45) is 5.51. The second-order valence-electron chi connectivity index (χ2n) is 3.49. The summed E-state index contributed by atoms with van der Waals surface area (Å²) < 4.78 is 0. The standard InChI is InChI=1S/C10H18N2S/c1-9(2)11-6-4-3-5-10-12-7-8-13-10/h7-9,11H,3-6H2,1-2H3. The number of unbranched alkanes of at least 4 members (excludes halogenated alkanes) is 1. The molecule has 0 saturated heterocycles. The van der Waals surface area contributed by atoms with Gasteiger partial charge in [0.15, 0.2) is 0 Å². The minimum Gasteiger partial charge on any atom is -0.315 e. The maximum atomic E-state index is 4.25. The highest BCUT2D eigenvalue weighted by Gasteiger charge is 1.95. The van der Waals surface area contributed by atoms with Gasteiger partial charge in [-0.1, -0.05) is 13.8 Å². The molecule has 0 atom stereocenters. The topological polar surface area (TPSA) is 24.9 Å². The fourth-order valence-corrected chi connectivity index (χ4v) is 1.83. The van der Waals surface area contributed by atoms with Crippen LogP contribution in [0.15, 0.2) is 11.6 Å². The van der Waals surface area contributed by atoms with Crippen molar-refractivity contribution >= 4 is 11.3 Å². The molecule has 1 aromatic heterocycles. The van der Waals surface area contributed by atoms with Crippen molar-refractivity contribution in [3.8, 4) is 0 Å². The van der Waals surface area contributed by atoms with Gasteiger partial charge in [0.25, 0.3) is 0 Å². The van der Waals surface area contributed by atoms with Gasteiger partial charge in [0.05, 0.1) is 5.01 Å². The third kappa shape index (κ3) is 5.01. The SMILES string of the molecule is CC(C)NCCCCc1nccs1. The van der Waals surface area contributed by atoms with Crippen molar-refractivity contribution in [2.24, 2.45) is 0 Å². The van der Waals surface area contributed by atoms with Crippen LogP contribution in [-0.4, -0.2) is 17.6 Å². The lowest BCUT2D eigenvalue weighted by Crippen LogP contribution is -2.23. The van der Waals surface area contributed by atoms with Crippen molar-refractivity contribution in [1.29, 1.82) is 0 Å². The summed E-state index contributed by atoms with van der Waals surface area (Å²) in [5, 5.41) is 6.72. The maximum absolute atomic E-state index is 4.25. The van der Waals surface area contributed by atoms with E-state index in [0.29, 0.717) is 6.04 Å². The van der Waals surface area contributed by atoms with E-state index in [-0.39, 0.29) is 0 Å². The Hall–Kier alpha value is -0.410. The van der Waals surface area contributed by atoms with E-state index in [2.05, 4.69) is 24.1 Å². The van der Waals surface area contributed by atoms with E-state index >= 15 is 0 Å². The molecule has 0 unspecified atom stereocenters. The van der Waals surface area contributed by atoms with Gasteiger partial charge >= 0.3 is 0 Å². The molecule has 0 spiro atoms. The molecule has 0 radical (unpaired) electrons. The molecule has 1 rings (SSSR count). The van der Waals surface area contributed by atoms with Crippen molar-refractivity contribution in [2.75, 3.05) is 6.54 Å². The minimum atomic E-state index is 0.611. The highest BCUT2D eigenvalue weighted by molar-refractivity contribution is 7.09. The molecule has 1 aromatic rings. The lowest BCUT2D eigenvalue weighted by Gasteiger charge is -2.06. The highest BCUT2D eigenvalue weighted by atomic mass is 32.1. The zero-order valence-corrected chi connectivity index (χ0v) is 9.23. The summed E-state index contributed by atoms with van der Waals surface area (Å²) in [5.41, 5.74) is 0. The molecule has 0 aliphatic carbocycles. The molecular formula is C10H18N2S. The maximum Gasteiger partial charge on any atom is 0.0924 e. The first-order valence-corrected chi connectivity index (χ1v) is 5.79. The van der Waals surface area contributed by atoms with Crippen molar-refractivity contribution in [3.05, 3.63) is 16.6 Å². The normalized spacial score (nSPS) is 11.0. The number of nitrogens with zero attached hydrogens (tertiary/aromatic N) is 1. The van der Waals surface area contributed by atoms with Gasteiger partial charge in [-0.15, -0.1) is 11.3 Å². The number of rotatable bonds is 6. The summed E-state index contributed by atoms with van der Waals surface area (Å²) in [5.74, 6) is 0. The Kier molecular flexibility index (Phi) is 5.01. The fourth-order valence-electron chi connectivity index (χ4n) is 1.17. The van der Waals surface area contributed by atoms with E-state index in [9.17, 15) is 0 Å². The predicted molar refractivity (Wildman–Crippen MR) is 58.2 cm³/mol. The highest BCUT2D eigenvalue weighted by Crippen LogP contribution is 2.07. The van der Waals surface area contributed by atoms with E-state index < -0.39 is 0 Å². The van der Waals surface area contributed by atoms with Crippen LogP contribution in [-0.2, 0) is 6.42 Å². The largest absolute Gasteiger partial charge is 0.315 e. The molecule has 2 nitrogen and oxygen atoms in total. The van der Waals surface area contributed by atoms with E-state index in [1.165, 1.54) is 17.8 Å². The molecule has 0 fully saturated rings. The smallest absolute Gasteiger partial charge is 0.0924 e. The quantitative estimate of drug-likeness (QED) is 0.710. The molecule has 1 N–H and O–H groups in total. The first kappa shape index (κ1) is 10.7. The van der Waals surface area contributed by atoms with E-state index in [4.69, 9.17) is 0 Å². The van der Waals surface area contributed by atoms with Crippen LogP contribution < -0.4 is 5.32 Å². The van der Waals surface area contributed by atoms with Crippen LogP contribution in [0.2, 0.25) is 0 Å². The number of nitrogens with one attached hydrogen (secondary N) is 1. The van der Waals surface area contributed by atoms with Crippen LogP contribution in [0.4, 0.5) is 0 Å². The average molecular weight is 198 g/mol. The number of hydrogen-bond acceptors (Lipinski definition) is 3. The zero-order chi connectivity index (χ0) is 9.52. The van der Waals surface area contributed by atoms with Crippen LogP contribution >= 0.6 is 11.3 Å². The molecule has 0 aliphatic rings. The Morgan fingerprint density at radius 1 is 1.46 bits per heavy atom. The van der Waals surface area contributed by atoms with Crippen molar-refractivity contribution in [3.63, 3.8) is 0 Å². The molecule has 0 saturated carbocycles. The van der Waals surface area contributed by atoms with Gasteiger partial charge in [0.1, 0.15) is 0 Å². The first-order valence-electron chi connectivity index (χ1n) is 4.91. The van der Waals surface area contributed by atoms with E-state index in [1.807, 2.05) is 11.6 Å². The second-order valence-corrected chi connectivity index (χ2v) is 4.47. The molecule has 74 valence electrons. The van der Waals surface area contributed by atoms with E-state index in [1.54, 1.807) is 11.3 Å². The summed E-state index contributed by atoms with van der Waals surface area (Å²) in [7, 11) is 0. The van der Waals surface area contributed by atoms with Crippen molar-refractivity contribution in [2.45, 2.75) is 39.2 Å². The van der Waals surface area contributed by atoms with Gasteiger partial charge < -0.3 is 5.32 Å². The average Bonchev–Trinajstić information content (AvgIpc) is 2.55. The molecule has 0 bridgehead atoms. The van der Waals surface area contributed by atoms with Crippen molar-refractivity contribution in [1.82, 2.24) is 10.3 Å². The number of aryl methyl sites for hydroxylation is 1. The van der Waals surface area contributed by atoms with Gasteiger partial charge in [-0.3, -0.25) is 0 Å². The number of thiazole rings is 1. The molecule has 0 aliphatic heterocycles. The van der Waals surface area contributed by atoms with Gasteiger partial charge in [0, 0.05) is 17.6 Å². The summed E-state index contributed by atoms with van der Waals surface area (Å²) in [6, 6.07) is 0.611. The Balaban J connectivity index is 1.96. The van der Waals surface area contributed by atoms with E-state index in [0.717, 1.165) is 13.0 Å². The third-order valence-corrected chi connectivity index (χ3v) is 2.69. The summed E-state index contributed by atoms with van der Waals surface area (Å²) in [4.78, 5) is 4.25. The van der Waals surface area contributed by atoms with Gasteiger partial charge in [-0.25, -0.2) is 4.98 Å². The fraction of sp³-hybridized carbons (Fsp3) is 0.700. The van der Waals surface area contributed by atoms with Gasteiger partial charge in [0.2, 0.25) is 0 Å². The van der Waals surface area contributed by atoms with Crippen LogP contribution in [0.5, 0.6) is 0 Å². The minimum absolute atomic E-state index is 0.611. The van der Waals surface area contributed by atoms with Crippen molar-refractivity contribution < 1.29 is 0 Å². The third-order valence-electron chi connectivity index (χ3n) is 1.85. The lowest BCUT2D eigenvalue weighted by atomic mass is 10.2. The number of hydrogen-bond donors (Lipinski definition) is 1. The molecule has 1 heterocycles. The Bertz CT molecular complexity index is 207. The van der Waals surface area contributed by atoms with Gasteiger partial charge in [-0.05, 0) is 25.8 Å². The summed E-state index contributed by atoms with van der Waals surface area (Å²) in [6.45, 7) is 5.49. The predicted octanol–water partition coefficient (Wildman–Crippen LogP) is 2.46. The summed E-state index contributed by atoms with van der Waals surface area (Å²) >= 11 is 1.76. The first-order chi connectivity index (χ1) is 6.29. The molecule has 0 aromatic carbocycles. The molecular weight excluding hydrogens is 180 g/mol. The monoisotopic (exact) mass is 198 g/mol. The Labute approximate surface area is 84.4 Å². The van der Waals surface area contributed by atoms with Crippen LogP contribution in [0.25, 0.3) is 0 Å². The number of aromatic nitrogens is 1. The Morgan fingerprint density at radius 3 is 2.92 bits per heavy atom. The Morgan fingerprint density at radius 2 is 2.31 bits per heavy atom. The molecule has 13 heavy (non-hydrogen) atoms. The van der Waals surface area contributed by atoms with Gasteiger partial charge in [-0.2, -0.15) is 0 Å². The molecule has 0 amide bonds.